The van der Waals surface area contributed by atoms with Gasteiger partial charge in [-0.15, -0.1) is 0 Å². The lowest BCUT2D eigenvalue weighted by atomic mass is 9.74. The molecule has 7 rings (SSSR count). The summed E-state index contributed by atoms with van der Waals surface area (Å²) in [5.41, 5.74) is 5.29. The Morgan fingerprint density at radius 1 is 1.29 bits per heavy atom. The van der Waals surface area contributed by atoms with Gasteiger partial charge in [-0.05, 0) is 43.9 Å². The third-order valence-electron chi connectivity index (χ3n) is 7.60. The first-order valence-electron chi connectivity index (χ1n) is 11.9. The van der Waals surface area contributed by atoms with Gasteiger partial charge >= 0.3 is 0 Å². The molecule has 1 saturated carbocycles. The molecule has 0 radical (unpaired) electrons. The van der Waals surface area contributed by atoms with Gasteiger partial charge in [-0.25, -0.2) is 14.5 Å². The lowest BCUT2D eigenvalue weighted by molar-refractivity contribution is -0.0252. The fraction of sp³-hybridized carbons (Fsp3) is 0.440. The normalized spacial score (nSPS) is 18.9. The van der Waals surface area contributed by atoms with Gasteiger partial charge in [-0.2, -0.15) is 5.10 Å². The highest BCUT2D eigenvalue weighted by Crippen LogP contribution is 2.38. The Labute approximate surface area is 196 Å². The van der Waals surface area contributed by atoms with Crippen molar-refractivity contribution in [3.05, 3.63) is 41.9 Å². The zero-order valence-electron chi connectivity index (χ0n) is 19.4. The molecule has 9 nitrogen and oxygen atoms in total. The molecule has 1 spiro atoms. The van der Waals surface area contributed by atoms with E-state index in [2.05, 4.69) is 32.0 Å². The smallest absolute Gasteiger partial charge is 0.274 e. The van der Waals surface area contributed by atoms with E-state index in [-0.39, 0.29) is 11.3 Å². The van der Waals surface area contributed by atoms with Crippen LogP contribution in [0.4, 0.5) is 0 Å². The number of nitrogens with zero attached hydrogens (tertiary/aromatic N) is 6. The van der Waals surface area contributed by atoms with Crippen LogP contribution in [0.25, 0.3) is 27.9 Å². The second-order valence-electron chi connectivity index (χ2n) is 10.2. The van der Waals surface area contributed by atoms with Gasteiger partial charge in [0.05, 0.1) is 19.0 Å². The Morgan fingerprint density at radius 3 is 2.82 bits per heavy atom. The van der Waals surface area contributed by atoms with Crippen molar-refractivity contribution in [3.63, 3.8) is 0 Å². The zero-order valence-corrected chi connectivity index (χ0v) is 19.4. The third-order valence-corrected chi connectivity index (χ3v) is 7.60. The summed E-state index contributed by atoms with van der Waals surface area (Å²) in [6.45, 7) is 6.50. The number of nitrogens with one attached hydrogen (secondary N) is 1. The maximum Gasteiger partial charge on any atom is 0.274 e. The van der Waals surface area contributed by atoms with E-state index in [9.17, 15) is 4.79 Å². The van der Waals surface area contributed by atoms with Crippen LogP contribution >= 0.6 is 0 Å². The number of hydrogen-bond donors (Lipinski definition) is 1. The van der Waals surface area contributed by atoms with Crippen LogP contribution in [0.5, 0.6) is 5.88 Å². The third kappa shape index (κ3) is 2.89. The first-order valence-corrected chi connectivity index (χ1v) is 11.9. The molecule has 4 aromatic heterocycles. The average molecular weight is 458 g/mol. The number of methoxy groups -OCH3 is 1. The number of rotatable bonds is 5. The number of hydrogen-bond acceptors (Lipinski definition) is 6. The lowest BCUT2D eigenvalue weighted by Gasteiger charge is -2.55. The second-order valence-corrected chi connectivity index (χ2v) is 10.2. The van der Waals surface area contributed by atoms with Gasteiger partial charge in [-0.3, -0.25) is 4.79 Å². The summed E-state index contributed by atoms with van der Waals surface area (Å²) in [6.07, 6.45) is 6.10. The minimum Gasteiger partial charge on any atom is -0.479 e. The Balaban J connectivity index is 1.32. The van der Waals surface area contributed by atoms with E-state index in [1.54, 1.807) is 17.8 Å². The molecule has 0 bridgehead atoms. The van der Waals surface area contributed by atoms with Crippen LogP contribution in [-0.2, 0) is 6.54 Å². The number of carbonyl (C=O) groups excluding carboxylic acids is 1. The van der Waals surface area contributed by atoms with Crippen molar-refractivity contribution in [1.82, 2.24) is 34.4 Å². The first-order chi connectivity index (χ1) is 16.5. The largest absolute Gasteiger partial charge is 0.479 e. The molecule has 3 fully saturated rings. The van der Waals surface area contributed by atoms with Crippen molar-refractivity contribution in [2.24, 2.45) is 11.3 Å². The topological polar surface area (TPSA) is 89.6 Å². The first kappa shape index (κ1) is 20.0. The summed E-state index contributed by atoms with van der Waals surface area (Å²) in [7, 11) is 1.59. The van der Waals surface area contributed by atoms with Crippen LogP contribution in [-0.4, -0.2) is 68.2 Å². The summed E-state index contributed by atoms with van der Waals surface area (Å²) in [6, 6.07) is 6.23. The lowest BCUT2D eigenvalue weighted by Crippen LogP contribution is -2.71. The molecule has 1 N–H and O–H groups in total. The Bertz CT molecular complexity index is 1450. The quantitative estimate of drug-likeness (QED) is 0.495. The molecule has 1 amide bonds. The molecule has 4 aromatic rings. The molecule has 0 aromatic carbocycles. The predicted octanol–water partition coefficient (Wildman–Crippen LogP) is 2.52. The molecular weight excluding hydrogens is 430 g/mol. The van der Waals surface area contributed by atoms with Crippen molar-refractivity contribution in [2.75, 3.05) is 33.3 Å². The number of aryl methyl sites for hydroxylation is 1. The van der Waals surface area contributed by atoms with E-state index in [4.69, 9.17) is 9.84 Å². The van der Waals surface area contributed by atoms with Gasteiger partial charge in [0.25, 0.3) is 5.91 Å². The predicted molar refractivity (Wildman–Crippen MR) is 127 cm³/mol. The van der Waals surface area contributed by atoms with Crippen molar-refractivity contribution >= 4 is 22.5 Å². The number of amides is 1. The number of fused-ring (bicyclic) bond motifs is 2. The summed E-state index contributed by atoms with van der Waals surface area (Å²) in [5.74, 6) is 1.05. The molecular formula is C25H27N7O2. The molecule has 6 heterocycles. The average Bonchev–Trinajstić information content (AvgIpc) is 3.45. The van der Waals surface area contributed by atoms with E-state index in [0.717, 1.165) is 66.2 Å². The summed E-state index contributed by atoms with van der Waals surface area (Å²) < 4.78 is 9.70. The standard InChI is InChI=1S/C25H27N7O2/c1-15-20(19-8-17-4-3-7-27-22(17)31(19)9-16-5-6-16)29-32-10-18(28-23(34-2)21(15)32)24(33)30-13-25(14-30)11-26-12-25/h3-4,7-8,10,16,26H,5-6,9,11-14H2,1-2H3. The second kappa shape index (κ2) is 7.02. The van der Waals surface area contributed by atoms with Gasteiger partial charge < -0.3 is 19.5 Å². The van der Waals surface area contributed by atoms with Crippen LogP contribution < -0.4 is 10.1 Å². The number of pyridine rings is 1. The van der Waals surface area contributed by atoms with Gasteiger partial charge in [0.1, 0.15) is 16.9 Å². The Morgan fingerprint density at radius 2 is 2.12 bits per heavy atom. The van der Waals surface area contributed by atoms with E-state index < -0.39 is 0 Å². The summed E-state index contributed by atoms with van der Waals surface area (Å²) in [5, 5.41) is 9.35. The molecule has 3 aliphatic rings. The number of ether oxygens (including phenoxy) is 1. The molecule has 34 heavy (non-hydrogen) atoms. The van der Waals surface area contributed by atoms with Crippen molar-refractivity contribution in [1.29, 1.82) is 0 Å². The van der Waals surface area contributed by atoms with Crippen LogP contribution in [0, 0.1) is 18.3 Å². The highest BCUT2D eigenvalue weighted by atomic mass is 16.5. The van der Waals surface area contributed by atoms with Crippen LogP contribution in [0.1, 0.15) is 28.9 Å². The fourth-order valence-electron chi connectivity index (χ4n) is 5.46. The summed E-state index contributed by atoms with van der Waals surface area (Å²) in [4.78, 5) is 24.3. The van der Waals surface area contributed by atoms with E-state index >= 15 is 0 Å². The number of likely N-dealkylation sites (tertiary alicyclic amines) is 1. The Kier molecular flexibility index (Phi) is 4.12. The number of carbonyl (C=O) groups is 1. The van der Waals surface area contributed by atoms with Crippen LogP contribution in [0.15, 0.2) is 30.6 Å². The van der Waals surface area contributed by atoms with Gasteiger partial charge in [-0.1, -0.05) is 0 Å². The fourth-order valence-corrected chi connectivity index (χ4v) is 5.46. The maximum absolute atomic E-state index is 13.2. The molecule has 9 heteroatoms. The zero-order chi connectivity index (χ0) is 23.0. The molecule has 1 aliphatic carbocycles. The highest BCUT2D eigenvalue weighted by Gasteiger charge is 2.49. The van der Waals surface area contributed by atoms with Crippen molar-refractivity contribution in [2.45, 2.75) is 26.3 Å². The molecule has 0 unspecified atom stereocenters. The van der Waals surface area contributed by atoms with Gasteiger partial charge in [0.2, 0.25) is 5.88 Å². The van der Waals surface area contributed by atoms with E-state index in [0.29, 0.717) is 17.5 Å². The van der Waals surface area contributed by atoms with Crippen LogP contribution in [0.3, 0.4) is 0 Å². The molecule has 2 saturated heterocycles. The molecule has 0 atom stereocenters. The van der Waals surface area contributed by atoms with Crippen LogP contribution in [0.2, 0.25) is 0 Å². The van der Waals surface area contributed by atoms with E-state index in [1.165, 1.54) is 12.8 Å². The maximum atomic E-state index is 13.2. The monoisotopic (exact) mass is 457 g/mol. The molecule has 174 valence electrons. The number of aromatic nitrogens is 5. The SMILES string of the molecule is COc1nc(C(=O)N2CC3(CNC3)C2)cn2nc(-c3cc4cccnc4n3CC3CC3)c(C)c12. The van der Waals surface area contributed by atoms with Crippen molar-refractivity contribution in [3.8, 4) is 17.3 Å². The molecule has 2 aliphatic heterocycles. The Hall–Kier alpha value is -3.46. The van der Waals surface area contributed by atoms with E-state index in [1.807, 2.05) is 24.1 Å². The minimum absolute atomic E-state index is 0.0699. The highest BCUT2D eigenvalue weighted by molar-refractivity contribution is 5.94. The van der Waals surface area contributed by atoms with Crippen molar-refractivity contribution < 1.29 is 9.53 Å². The minimum atomic E-state index is -0.0699. The van der Waals surface area contributed by atoms with Gasteiger partial charge in [0, 0.05) is 55.3 Å². The van der Waals surface area contributed by atoms with Gasteiger partial charge in [0.15, 0.2) is 5.69 Å². The summed E-state index contributed by atoms with van der Waals surface area (Å²) >= 11 is 0.